The molecule has 0 unspecified atom stereocenters. The number of fused-ring (bicyclic) bond motifs is 1. The molecular formula is C28H34N4O. The molecule has 1 aliphatic heterocycles. The summed E-state index contributed by atoms with van der Waals surface area (Å²) in [6, 6.07) is 17.4. The average molecular weight is 443 g/mol. The van der Waals surface area contributed by atoms with Crippen LogP contribution in [0.25, 0.3) is 0 Å². The number of nitrogens with one attached hydrogen (secondary N) is 1. The van der Waals surface area contributed by atoms with E-state index in [2.05, 4.69) is 72.6 Å². The molecule has 2 aromatic carbocycles. The fourth-order valence-corrected chi connectivity index (χ4v) is 5.03. The van der Waals surface area contributed by atoms with Crippen LogP contribution in [0.15, 0.2) is 48.5 Å². The van der Waals surface area contributed by atoms with E-state index in [1.807, 2.05) is 0 Å². The van der Waals surface area contributed by atoms with Crippen molar-refractivity contribution in [1.29, 1.82) is 0 Å². The highest BCUT2D eigenvalue weighted by Gasteiger charge is 2.24. The Morgan fingerprint density at radius 3 is 2.39 bits per heavy atom. The molecule has 1 aliphatic carbocycles. The molecule has 1 aromatic heterocycles. The van der Waals surface area contributed by atoms with Crippen LogP contribution in [0.2, 0.25) is 0 Å². The zero-order valence-corrected chi connectivity index (χ0v) is 19.8. The van der Waals surface area contributed by atoms with E-state index in [0.717, 1.165) is 79.7 Å². The number of hydrogen-bond acceptors (Lipinski definition) is 5. The lowest BCUT2D eigenvalue weighted by molar-refractivity contribution is 0.211. The Labute approximate surface area is 197 Å². The molecule has 1 N–H and O–H groups in total. The monoisotopic (exact) mass is 442 g/mol. The van der Waals surface area contributed by atoms with Gasteiger partial charge in [-0.1, -0.05) is 48.5 Å². The van der Waals surface area contributed by atoms with Crippen molar-refractivity contribution in [3.05, 3.63) is 76.5 Å². The molecule has 0 bridgehead atoms. The summed E-state index contributed by atoms with van der Waals surface area (Å²) in [6.45, 7) is 7.39. The maximum atomic E-state index is 6.45. The van der Waals surface area contributed by atoms with Gasteiger partial charge in [-0.25, -0.2) is 4.98 Å². The molecule has 5 rings (SSSR count). The first-order valence-electron chi connectivity index (χ1n) is 12.3. The predicted molar refractivity (Wildman–Crippen MR) is 133 cm³/mol. The van der Waals surface area contributed by atoms with Gasteiger partial charge in [0.15, 0.2) is 0 Å². The lowest BCUT2D eigenvalue weighted by Gasteiger charge is -2.32. The molecule has 0 atom stereocenters. The van der Waals surface area contributed by atoms with Crippen molar-refractivity contribution in [3.63, 3.8) is 0 Å². The van der Waals surface area contributed by atoms with Crippen LogP contribution in [0.4, 0.5) is 5.95 Å². The summed E-state index contributed by atoms with van der Waals surface area (Å²) < 4.78 is 6.45. The third-order valence-electron chi connectivity index (χ3n) is 6.92. The number of ether oxygens (including phenoxy) is 1. The Balaban J connectivity index is 1.29. The van der Waals surface area contributed by atoms with Crippen LogP contribution < -0.4 is 10.1 Å². The van der Waals surface area contributed by atoms with Crippen LogP contribution in [0.3, 0.4) is 0 Å². The zero-order valence-electron chi connectivity index (χ0n) is 19.8. The highest BCUT2D eigenvalue weighted by atomic mass is 16.5. The van der Waals surface area contributed by atoms with Gasteiger partial charge in [-0.3, -0.25) is 4.90 Å². The van der Waals surface area contributed by atoms with Gasteiger partial charge in [-0.05, 0) is 69.1 Å². The predicted octanol–water partition coefficient (Wildman–Crippen LogP) is 5.84. The van der Waals surface area contributed by atoms with Gasteiger partial charge in [0.2, 0.25) is 11.8 Å². The second kappa shape index (κ2) is 9.92. The van der Waals surface area contributed by atoms with Crippen molar-refractivity contribution in [2.75, 3.05) is 18.4 Å². The minimum Gasteiger partial charge on any atom is -0.438 e. The summed E-state index contributed by atoms with van der Waals surface area (Å²) in [5, 5.41) is 3.64. The minimum atomic E-state index is 0.395. The summed E-state index contributed by atoms with van der Waals surface area (Å²) >= 11 is 0. The van der Waals surface area contributed by atoms with Gasteiger partial charge in [0.1, 0.15) is 5.75 Å². The molecule has 5 heteroatoms. The number of para-hydroxylation sites is 1. The first kappa shape index (κ1) is 21.9. The van der Waals surface area contributed by atoms with E-state index in [9.17, 15) is 0 Å². The SMILES string of the molecule is Cc1cccc(C)c1Oc1nc(NC2CCN(Cc3ccccc3)CC2)nc2c1CCCC2. The standard InChI is InChI=1S/C28H34N4O/c1-20-9-8-10-21(2)26(20)33-27-24-13-6-7-14-25(24)30-28(31-27)29-23-15-17-32(18-16-23)19-22-11-4-3-5-12-22/h3-5,8-12,23H,6-7,13-19H2,1-2H3,(H,29,30,31). The number of nitrogens with zero attached hydrogens (tertiary/aromatic N) is 3. The zero-order chi connectivity index (χ0) is 22.6. The Kier molecular flexibility index (Phi) is 6.58. The van der Waals surface area contributed by atoms with Crippen LogP contribution in [-0.4, -0.2) is 34.0 Å². The van der Waals surface area contributed by atoms with E-state index in [-0.39, 0.29) is 0 Å². The van der Waals surface area contributed by atoms with Gasteiger partial charge in [0, 0.05) is 31.2 Å². The first-order chi connectivity index (χ1) is 16.2. The van der Waals surface area contributed by atoms with Gasteiger partial charge in [0.25, 0.3) is 0 Å². The van der Waals surface area contributed by atoms with Crippen LogP contribution in [0.1, 0.15) is 53.6 Å². The normalized spacial score (nSPS) is 16.9. The molecule has 5 nitrogen and oxygen atoms in total. The van der Waals surface area contributed by atoms with Crippen molar-refractivity contribution in [2.24, 2.45) is 0 Å². The minimum absolute atomic E-state index is 0.395. The summed E-state index contributed by atoms with van der Waals surface area (Å²) in [7, 11) is 0. The van der Waals surface area contributed by atoms with Gasteiger partial charge in [-0.15, -0.1) is 0 Å². The van der Waals surface area contributed by atoms with Gasteiger partial charge < -0.3 is 10.1 Å². The molecule has 2 heterocycles. The summed E-state index contributed by atoms with van der Waals surface area (Å²) in [6.07, 6.45) is 6.55. The van der Waals surface area contributed by atoms with Gasteiger partial charge in [0.05, 0.1) is 5.69 Å². The quantitative estimate of drug-likeness (QED) is 0.520. The summed E-state index contributed by atoms with van der Waals surface area (Å²) in [5.74, 6) is 2.38. The molecule has 3 aromatic rings. The average Bonchev–Trinajstić information content (AvgIpc) is 2.83. The Morgan fingerprint density at radius 2 is 1.64 bits per heavy atom. The molecule has 33 heavy (non-hydrogen) atoms. The van der Waals surface area contributed by atoms with E-state index < -0.39 is 0 Å². The third-order valence-corrected chi connectivity index (χ3v) is 6.92. The molecule has 2 aliphatic rings. The second-order valence-electron chi connectivity index (χ2n) is 9.49. The number of likely N-dealkylation sites (tertiary alicyclic amines) is 1. The number of aromatic nitrogens is 2. The van der Waals surface area contributed by atoms with Crippen LogP contribution in [0.5, 0.6) is 11.6 Å². The molecule has 0 radical (unpaired) electrons. The Bertz CT molecular complexity index is 1070. The van der Waals surface area contributed by atoms with Crippen molar-refractivity contribution >= 4 is 5.95 Å². The number of anilines is 1. The van der Waals surface area contributed by atoms with Crippen molar-refractivity contribution in [3.8, 4) is 11.6 Å². The van der Waals surface area contributed by atoms with E-state index in [1.165, 1.54) is 24.0 Å². The lowest BCUT2D eigenvalue weighted by Crippen LogP contribution is -2.39. The van der Waals surface area contributed by atoms with E-state index in [1.54, 1.807) is 0 Å². The second-order valence-corrected chi connectivity index (χ2v) is 9.49. The van der Waals surface area contributed by atoms with Crippen LogP contribution in [0, 0.1) is 13.8 Å². The third kappa shape index (κ3) is 5.19. The van der Waals surface area contributed by atoms with Crippen molar-refractivity contribution < 1.29 is 4.74 Å². The highest BCUT2D eigenvalue weighted by molar-refractivity contribution is 5.46. The van der Waals surface area contributed by atoms with Gasteiger partial charge >= 0.3 is 0 Å². The number of benzene rings is 2. The largest absolute Gasteiger partial charge is 0.438 e. The number of aryl methyl sites for hydroxylation is 3. The van der Waals surface area contributed by atoms with Gasteiger partial charge in [-0.2, -0.15) is 4.98 Å². The molecule has 172 valence electrons. The number of rotatable bonds is 6. The number of hydrogen-bond donors (Lipinski definition) is 1. The van der Waals surface area contributed by atoms with E-state index in [4.69, 9.17) is 14.7 Å². The number of piperidine rings is 1. The lowest BCUT2D eigenvalue weighted by atomic mass is 9.97. The molecule has 0 saturated carbocycles. The summed E-state index contributed by atoms with van der Waals surface area (Å²) in [5.41, 5.74) is 6.00. The molecule has 1 saturated heterocycles. The van der Waals surface area contributed by atoms with Crippen LogP contribution >= 0.6 is 0 Å². The van der Waals surface area contributed by atoms with Crippen molar-refractivity contribution in [2.45, 2.75) is 65.0 Å². The fraction of sp³-hybridized carbons (Fsp3) is 0.429. The molecular weight excluding hydrogens is 408 g/mol. The van der Waals surface area contributed by atoms with Crippen LogP contribution in [-0.2, 0) is 19.4 Å². The fourth-order valence-electron chi connectivity index (χ4n) is 5.03. The van der Waals surface area contributed by atoms with E-state index >= 15 is 0 Å². The van der Waals surface area contributed by atoms with Crippen molar-refractivity contribution in [1.82, 2.24) is 14.9 Å². The Hall–Kier alpha value is -2.92. The highest BCUT2D eigenvalue weighted by Crippen LogP contribution is 2.34. The maximum Gasteiger partial charge on any atom is 0.227 e. The smallest absolute Gasteiger partial charge is 0.227 e. The molecule has 0 spiro atoms. The van der Waals surface area contributed by atoms with E-state index in [0.29, 0.717) is 6.04 Å². The Morgan fingerprint density at radius 1 is 0.909 bits per heavy atom. The summed E-state index contributed by atoms with van der Waals surface area (Å²) in [4.78, 5) is 12.4. The maximum absolute atomic E-state index is 6.45. The molecule has 0 amide bonds. The first-order valence-corrected chi connectivity index (χ1v) is 12.3. The topological polar surface area (TPSA) is 50.3 Å². The molecule has 1 fully saturated rings.